The van der Waals surface area contributed by atoms with E-state index in [2.05, 4.69) is 28.8 Å². The molecule has 0 saturated carbocycles. The molecule has 1 heterocycles. The molecule has 1 aromatic carbocycles. The normalized spacial score (nSPS) is 22.3. The van der Waals surface area contributed by atoms with E-state index in [9.17, 15) is 0 Å². The molecule has 3 rings (SSSR count). The third kappa shape index (κ3) is 2.93. The van der Waals surface area contributed by atoms with Gasteiger partial charge in [-0.15, -0.1) is 0 Å². The van der Waals surface area contributed by atoms with E-state index in [0.717, 1.165) is 12.5 Å². The van der Waals surface area contributed by atoms with Crippen molar-refractivity contribution in [3.63, 3.8) is 0 Å². The zero-order valence-corrected chi connectivity index (χ0v) is 11.2. The summed E-state index contributed by atoms with van der Waals surface area (Å²) >= 11 is 0. The first-order chi connectivity index (χ1) is 8.92. The van der Waals surface area contributed by atoms with Gasteiger partial charge in [-0.3, -0.25) is 0 Å². The van der Waals surface area contributed by atoms with Gasteiger partial charge < -0.3 is 10.6 Å². The van der Waals surface area contributed by atoms with E-state index in [0.29, 0.717) is 0 Å². The SMILES string of the molecule is c1cc2c(cc1CCNCC1CCNC1)CCC2. The molecule has 0 radical (unpaired) electrons. The standard InChI is InChI=1S/C16H24N2/c1-2-15-5-4-13(10-16(15)3-1)6-8-17-11-14-7-9-18-12-14/h4-5,10,14,17-18H,1-3,6-9,11-12H2. The molecule has 1 fully saturated rings. The molecule has 2 N–H and O–H groups in total. The van der Waals surface area contributed by atoms with Crippen LogP contribution in [0.15, 0.2) is 18.2 Å². The van der Waals surface area contributed by atoms with Crippen LogP contribution in [0.25, 0.3) is 0 Å². The van der Waals surface area contributed by atoms with Gasteiger partial charge in [-0.05, 0) is 80.9 Å². The lowest BCUT2D eigenvalue weighted by molar-refractivity contribution is 0.515. The second-order valence-electron chi connectivity index (χ2n) is 5.77. The van der Waals surface area contributed by atoms with Gasteiger partial charge in [-0.1, -0.05) is 18.2 Å². The Balaban J connectivity index is 1.42. The quantitative estimate of drug-likeness (QED) is 0.773. The van der Waals surface area contributed by atoms with Crippen molar-refractivity contribution in [2.24, 2.45) is 5.92 Å². The maximum Gasteiger partial charge on any atom is -0.000777 e. The van der Waals surface area contributed by atoms with E-state index in [1.54, 1.807) is 11.1 Å². The molecule has 2 aliphatic rings. The van der Waals surface area contributed by atoms with Gasteiger partial charge in [0.15, 0.2) is 0 Å². The van der Waals surface area contributed by atoms with Crippen LogP contribution in [-0.4, -0.2) is 26.2 Å². The lowest BCUT2D eigenvalue weighted by Crippen LogP contribution is -2.26. The molecule has 2 nitrogen and oxygen atoms in total. The van der Waals surface area contributed by atoms with Crippen molar-refractivity contribution in [2.45, 2.75) is 32.1 Å². The first kappa shape index (κ1) is 12.2. The molecule has 1 atom stereocenters. The average Bonchev–Trinajstić information content (AvgIpc) is 3.05. The highest BCUT2D eigenvalue weighted by Crippen LogP contribution is 2.22. The summed E-state index contributed by atoms with van der Waals surface area (Å²) in [5.74, 6) is 0.852. The fourth-order valence-corrected chi connectivity index (χ4v) is 3.21. The van der Waals surface area contributed by atoms with Crippen LogP contribution in [0.4, 0.5) is 0 Å². The number of hydrogen-bond donors (Lipinski definition) is 2. The van der Waals surface area contributed by atoms with E-state index in [-0.39, 0.29) is 0 Å². The topological polar surface area (TPSA) is 24.1 Å². The highest BCUT2D eigenvalue weighted by atomic mass is 14.9. The lowest BCUT2D eigenvalue weighted by atomic mass is 10.0. The van der Waals surface area contributed by atoms with E-state index in [1.807, 2.05) is 0 Å². The average molecular weight is 244 g/mol. The third-order valence-electron chi connectivity index (χ3n) is 4.35. The van der Waals surface area contributed by atoms with Crippen LogP contribution < -0.4 is 10.6 Å². The molecule has 1 aromatic rings. The van der Waals surface area contributed by atoms with Gasteiger partial charge >= 0.3 is 0 Å². The first-order valence-corrected chi connectivity index (χ1v) is 7.44. The number of fused-ring (bicyclic) bond motifs is 1. The van der Waals surface area contributed by atoms with Crippen LogP contribution in [0.5, 0.6) is 0 Å². The molecule has 0 aromatic heterocycles. The van der Waals surface area contributed by atoms with Crippen molar-refractivity contribution in [3.05, 3.63) is 34.9 Å². The second-order valence-corrected chi connectivity index (χ2v) is 5.77. The first-order valence-electron chi connectivity index (χ1n) is 7.44. The Labute approximate surface area is 110 Å². The Morgan fingerprint density at radius 2 is 2.17 bits per heavy atom. The molecular formula is C16H24N2. The maximum atomic E-state index is 3.60. The maximum absolute atomic E-state index is 3.60. The highest BCUT2D eigenvalue weighted by Gasteiger charge is 2.13. The highest BCUT2D eigenvalue weighted by molar-refractivity contribution is 5.35. The summed E-state index contributed by atoms with van der Waals surface area (Å²) in [5.41, 5.74) is 4.70. The van der Waals surface area contributed by atoms with Crippen LogP contribution in [0, 0.1) is 5.92 Å². The largest absolute Gasteiger partial charge is 0.316 e. The fourth-order valence-electron chi connectivity index (χ4n) is 3.21. The van der Waals surface area contributed by atoms with Crippen molar-refractivity contribution >= 4 is 0 Å². The molecule has 18 heavy (non-hydrogen) atoms. The second kappa shape index (κ2) is 5.85. The summed E-state index contributed by atoms with van der Waals surface area (Å²) in [7, 11) is 0. The summed E-state index contributed by atoms with van der Waals surface area (Å²) < 4.78 is 0. The smallest absolute Gasteiger partial charge is 0.000777 e. The Morgan fingerprint density at radius 3 is 3.06 bits per heavy atom. The molecule has 1 unspecified atom stereocenters. The summed E-state index contributed by atoms with van der Waals surface area (Å²) in [6.45, 7) is 4.70. The Morgan fingerprint density at radius 1 is 1.22 bits per heavy atom. The third-order valence-corrected chi connectivity index (χ3v) is 4.35. The predicted molar refractivity (Wildman–Crippen MR) is 76.0 cm³/mol. The van der Waals surface area contributed by atoms with E-state index in [1.165, 1.54) is 57.3 Å². The summed E-state index contributed by atoms with van der Waals surface area (Å²) in [5, 5.41) is 7.02. The van der Waals surface area contributed by atoms with Gasteiger partial charge in [-0.2, -0.15) is 0 Å². The van der Waals surface area contributed by atoms with Crippen molar-refractivity contribution in [3.8, 4) is 0 Å². The molecular weight excluding hydrogens is 220 g/mol. The zero-order valence-electron chi connectivity index (χ0n) is 11.2. The van der Waals surface area contributed by atoms with Gasteiger partial charge in [0.05, 0.1) is 0 Å². The van der Waals surface area contributed by atoms with Gasteiger partial charge in [0.25, 0.3) is 0 Å². The monoisotopic (exact) mass is 244 g/mol. The molecule has 1 aliphatic carbocycles. The minimum absolute atomic E-state index is 0.852. The minimum Gasteiger partial charge on any atom is -0.316 e. The van der Waals surface area contributed by atoms with Crippen LogP contribution in [-0.2, 0) is 19.3 Å². The van der Waals surface area contributed by atoms with E-state index >= 15 is 0 Å². The van der Waals surface area contributed by atoms with Crippen molar-refractivity contribution in [2.75, 3.05) is 26.2 Å². The van der Waals surface area contributed by atoms with Crippen LogP contribution >= 0.6 is 0 Å². The van der Waals surface area contributed by atoms with E-state index < -0.39 is 0 Å². The summed E-state index contributed by atoms with van der Waals surface area (Å²) in [6, 6.07) is 7.10. The number of rotatable bonds is 5. The Bertz CT molecular complexity index is 394. The molecule has 0 bridgehead atoms. The van der Waals surface area contributed by atoms with Crippen LogP contribution in [0.1, 0.15) is 29.5 Å². The van der Waals surface area contributed by atoms with Gasteiger partial charge in [0.2, 0.25) is 0 Å². The number of benzene rings is 1. The summed E-state index contributed by atoms with van der Waals surface area (Å²) in [6.07, 6.45) is 6.46. The van der Waals surface area contributed by atoms with Crippen LogP contribution in [0.3, 0.4) is 0 Å². The van der Waals surface area contributed by atoms with Crippen LogP contribution in [0.2, 0.25) is 0 Å². The number of aryl methyl sites for hydroxylation is 2. The number of hydrogen-bond acceptors (Lipinski definition) is 2. The van der Waals surface area contributed by atoms with Gasteiger partial charge in [0, 0.05) is 0 Å². The van der Waals surface area contributed by atoms with E-state index in [4.69, 9.17) is 0 Å². The molecule has 1 saturated heterocycles. The lowest BCUT2D eigenvalue weighted by Gasteiger charge is -2.10. The fraction of sp³-hybridized carbons (Fsp3) is 0.625. The summed E-state index contributed by atoms with van der Waals surface area (Å²) in [4.78, 5) is 0. The Hall–Kier alpha value is -0.860. The van der Waals surface area contributed by atoms with Crippen molar-refractivity contribution in [1.82, 2.24) is 10.6 Å². The Kier molecular flexibility index (Phi) is 3.96. The minimum atomic E-state index is 0.852. The van der Waals surface area contributed by atoms with Crippen molar-refractivity contribution < 1.29 is 0 Å². The predicted octanol–water partition coefficient (Wildman–Crippen LogP) is 1.92. The van der Waals surface area contributed by atoms with Gasteiger partial charge in [0.1, 0.15) is 0 Å². The van der Waals surface area contributed by atoms with Gasteiger partial charge in [-0.25, -0.2) is 0 Å². The zero-order chi connectivity index (χ0) is 12.2. The molecule has 0 spiro atoms. The molecule has 2 heteroatoms. The molecule has 98 valence electrons. The molecule has 1 aliphatic heterocycles. The molecule has 0 amide bonds. The van der Waals surface area contributed by atoms with Crippen molar-refractivity contribution in [1.29, 1.82) is 0 Å². The number of nitrogens with one attached hydrogen (secondary N) is 2.